The zero-order valence-corrected chi connectivity index (χ0v) is 18.8. The topological polar surface area (TPSA) is 59.6 Å². The monoisotopic (exact) mass is 467 g/mol. The Morgan fingerprint density at radius 3 is 2.30 bits per heavy atom. The van der Waals surface area contributed by atoms with Gasteiger partial charge in [0.1, 0.15) is 0 Å². The fourth-order valence-corrected chi connectivity index (χ4v) is 4.17. The molecule has 0 amide bonds. The molecule has 7 nitrogen and oxygen atoms in total. The summed E-state index contributed by atoms with van der Waals surface area (Å²) in [7, 11) is 3.99. The zero-order chi connectivity index (χ0) is 23.6. The minimum atomic E-state index is -4.51. The molecule has 2 N–H and O–H groups in total. The largest absolute Gasteiger partial charge is 0.418 e. The second-order valence-corrected chi connectivity index (χ2v) is 8.76. The number of likely N-dealkylation sites (tertiary alicyclic amines) is 1. The predicted molar refractivity (Wildman–Crippen MR) is 121 cm³/mol. The van der Waals surface area contributed by atoms with Gasteiger partial charge in [-0.2, -0.15) is 18.2 Å². The van der Waals surface area contributed by atoms with Crippen LogP contribution in [0.5, 0.6) is 0 Å². The maximum Gasteiger partial charge on any atom is 0.418 e. The molecular weight excluding hydrogens is 438 g/mol. The number of aromatic nitrogens is 2. The Bertz CT molecular complexity index is 952. The molecule has 0 atom stereocenters. The van der Waals surface area contributed by atoms with Crippen LogP contribution >= 0.6 is 0 Å². The van der Waals surface area contributed by atoms with E-state index in [9.17, 15) is 17.6 Å². The van der Waals surface area contributed by atoms with Crippen molar-refractivity contribution in [2.45, 2.75) is 25.1 Å². The maximum absolute atomic E-state index is 14.3. The number of hydrogen-bond donors (Lipinski definition) is 2. The van der Waals surface area contributed by atoms with E-state index in [1.54, 1.807) is 11.0 Å². The highest BCUT2D eigenvalue weighted by Gasteiger charge is 2.36. The van der Waals surface area contributed by atoms with Gasteiger partial charge in [-0.05, 0) is 58.2 Å². The first-order valence-corrected chi connectivity index (χ1v) is 11.1. The zero-order valence-electron chi connectivity index (χ0n) is 18.8. The Kier molecular flexibility index (Phi) is 6.89. The number of piperidine rings is 1. The lowest BCUT2D eigenvalue weighted by molar-refractivity contribution is -0.137. The average Bonchev–Trinajstić information content (AvgIpc) is 2.78. The highest BCUT2D eigenvalue weighted by atomic mass is 19.4. The summed E-state index contributed by atoms with van der Waals surface area (Å²) in [6.07, 6.45) is -1.78. The first kappa shape index (κ1) is 23.5. The molecule has 0 saturated carbocycles. The smallest absolute Gasteiger partial charge is 0.368 e. The second-order valence-electron chi connectivity index (χ2n) is 8.76. The molecule has 2 aliphatic heterocycles. The van der Waals surface area contributed by atoms with Crippen LogP contribution in [0.2, 0.25) is 0 Å². The third kappa shape index (κ3) is 5.83. The van der Waals surface area contributed by atoms with Crippen molar-refractivity contribution in [3.05, 3.63) is 35.8 Å². The molecule has 3 heterocycles. The fourth-order valence-electron chi connectivity index (χ4n) is 4.17. The molecule has 4 rings (SSSR count). The van der Waals surface area contributed by atoms with Crippen molar-refractivity contribution in [2.75, 3.05) is 68.9 Å². The Morgan fingerprint density at radius 1 is 0.970 bits per heavy atom. The van der Waals surface area contributed by atoms with E-state index in [-0.39, 0.29) is 29.2 Å². The summed E-state index contributed by atoms with van der Waals surface area (Å²) >= 11 is 0. The van der Waals surface area contributed by atoms with Gasteiger partial charge in [-0.15, -0.1) is 0 Å². The van der Waals surface area contributed by atoms with Crippen molar-refractivity contribution in [3.8, 4) is 0 Å². The number of alkyl halides is 3. The number of rotatable bonds is 5. The SMILES string of the molecule is CN1CCC(Nc2nc(Nc3ccc(N4CCN(C)CC4)c(C(F)(F)F)c3)ncc2F)CC1. The second kappa shape index (κ2) is 9.68. The lowest BCUT2D eigenvalue weighted by Crippen LogP contribution is -2.45. The molecular formula is C22H29F4N7. The van der Waals surface area contributed by atoms with Crippen LogP contribution in [-0.2, 0) is 6.18 Å². The molecule has 11 heteroatoms. The summed E-state index contributed by atoms with van der Waals surface area (Å²) in [5.74, 6) is -0.514. The van der Waals surface area contributed by atoms with Crippen LogP contribution in [0.3, 0.4) is 0 Å². The number of likely N-dealkylation sites (N-methyl/N-ethyl adjacent to an activating group) is 1. The van der Waals surface area contributed by atoms with Crippen LogP contribution in [0, 0.1) is 5.82 Å². The van der Waals surface area contributed by atoms with E-state index < -0.39 is 17.6 Å². The van der Waals surface area contributed by atoms with Crippen molar-refractivity contribution >= 4 is 23.1 Å². The van der Waals surface area contributed by atoms with Crippen LogP contribution in [-0.4, -0.2) is 79.2 Å². The third-order valence-electron chi connectivity index (χ3n) is 6.21. The molecule has 0 aliphatic carbocycles. The number of benzene rings is 1. The summed E-state index contributed by atoms with van der Waals surface area (Å²) in [6, 6.07) is 4.18. The quantitative estimate of drug-likeness (QED) is 0.652. The van der Waals surface area contributed by atoms with Gasteiger partial charge in [0.2, 0.25) is 5.95 Å². The Balaban J connectivity index is 1.52. The van der Waals surface area contributed by atoms with Crippen molar-refractivity contribution < 1.29 is 17.6 Å². The van der Waals surface area contributed by atoms with Crippen molar-refractivity contribution in [1.82, 2.24) is 19.8 Å². The van der Waals surface area contributed by atoms with E-state index in [2.05, 4.69) is 30.4 Å². The molecule has 2 fully saturated rings. The van der Waals surface area contributed by atoms with Gasteiger partial charge in [0.05, 0.1) is 11.8 Å². The lowest BCUT2D eigenvalue weighted by atomic mass is 10.1. The van der Waals surface area contributed by atoms with E-state index in [1.807, 2.05) is 14.1 Å². The third-order valence-corrected chi connectivity index (χ3v) is 6.21. The van der Waals surface area contributed by atoms with Gasteiger partial charge in [-0.1, -0.05) is 0 Å². The van der Waals surface area contributed by atoms with Crippen molar-refractivity contribution in [3.63, 3.8) is 0 Å². The first-order chi connectivity index (χ1) is 15.7. The number of anilines is 4. The molecule has 1 aromatic carbocycles. The number of halogens is 4. The van der Waals surface area contributed by atoms with Crippen LogP contribution < -0.4 is 15.5 Å². The molecule has 180 valence electrons. The van der Waals surface area contributed by atoms with Gasteiger partial charge in [0.15, 0.2) is 11.6 Å². The summed E-state index contributed by atoms with van der Waals surface area (Å²) in [4.78, 5) is 14.1. The number of nitrogens with one attached hydrogen (secondary N) is 2. The minimum Gasteiger partial charge on any atom is -0.368 e. The molecule has 1 aromatic heterocycles. The summed E-state index contributed by atoms with van der Waals surface area (Å²) in [5.41, 5.74) is -0.369. The highest BCUT2D eigenvalue weighted by molar-refractivity contribution is 5.65. The summed E-state index contributed by atoms with van der Waals surface area (Å²) in [6.45, 7) is 4.26. The summed E-state index contributed by atoms with van der Waals surface area (Å²) < 4.78 is 55.8. The lowest BCUT2D eigenvalue weighted by Gasteiger charge is -2.35. The molecule has 0 spiro atoms. The molecule has 0 radical (unpaired) electrons. The van der Waals surface area contributed by atoms with E-state index in [1.165, 1.54) is 6.07 Å². The number of hydrogen-bond acceptors (Lipinski definition) is 7. The van der Waals surface area contributed by atoms with E-state index >= 15 is 0 Å². The summed E-state index contributed by atoms with van der Waals surface area (Å²) in [5, 5.41) is 5.91. The van der Waals surface area contributed by atoms with E-state index in [0.717, 1.165) is 38.2 Å². The molecule has 0 bridgehead atoms. The Morgan fingerprint density at radius 2 is 1.64 bits per heavy atom. The molecule has 2 saturated heterocycles. The van der Waals surface area contributed by atoms with Gasteiger partial charge in [-0.25, -0.2) is 9.37 Å². The van der Waals surface area contributed by atoms with Crippen LogP contribution in [0.25, 0.3) is 0 Å². The minimum absolute atomic E-state index is 0.0345. The maximum atomic E-state index is 14.3. The average molecular weight is 468 g/mol. The number of piperazine rings is 1. The first-order valence-electron chi connectivity index (χ1n) is 11.1. The van der Waals surface area contributed by atoms with Crippen LogP contribution in [0.4, 0.5) is 40.7 Å². The standard InChI is InChI=1S/C22H29F4N7/c1-31-7-5-15(6-8-31)28-20-18(23)14-27-21(30-20)29-16-3-4-19(17(13-16)22(24,25)26)33-11-9-32(2)10-12-33/h3-4,13-15H,5-12H2,1-2H3,(H2,27,28,29,30). The van der Waals surface area contributed by atoms with Gasteiger partial charge in [0.25, 0.3) is 0 Å². The Labute approximate surface area is 190 Å². The predicted octanol–water partition coefficient (Wildman–Crippen LogP) is 3.64. The van der Waals surface area contributed by atoms with E-state index in [4.69, 9.17) is 0 Å². The Hall–Kier alpha value is -2.66. The number of nitrogens with zero attached hydrogens (tertiary/aromatic N) is 5. The van der Waals surface area contributed by atoms with Crippen LogP contribution in [0.1, 0.15) is 18.4 Å². The van der Waals surface area contributed by atoms with Gasteiger partial charge >= 0.3 is 6.18 Å². The fraction of sp³-hybridized carbons (Fsp3) is 0.545. The molecule has 33 heavy (non-hydrogen) atoms. The highest BCUT2D eigenvalue weighted by Crippen LogP contribution is 2.39. The van der Waals surface area contributed by atoms with Crippen molar-refractivity contribution in [2.24, 2.45) is 0 Å². The molecule has 2 aromatic rings. The van der Waals surface area contributed by atoms with Gasteiger partial charge in [0, 0.05) is 43.6 Å². The van der Waals surface area contributed by atoms with Gasteiger partial charge < -0.3 is 25.3 Å². The van der Waals surface area contributed by atoms with Gasteiger partial charge in [-0.3, -0.25) is 0 Å². The van der Waals surface area contributed by atoms with Crippen LogP contribution in [0.15, 0.2) is 24.4 Å². The van der Waals surface area contributed by atoms with E-state index in [0.29, 0.717) is 26.2 Å². The van der Waals surface area contributed by atoms with Crippen molar-refractivity contribution in [1.29, 1.82) is 0 Å². The normalized spacial score (nSPS) is 19.0. The molecule has 0 unspecified atom stereocenters. The molecule has 2 aliphatic rings.